The van der Waals surface area contributed by atoms with Gasteiger partial charge in [-0.15, -0.1) is 0 Å². The minimum Gasteiger partial charge on any atom is -0.466 e. The molecule has 82 valence electrons. The van der Waals surface area contributed by atoms with E-state index in [9.17, 15) is 4.79 Å². The highest BCUT2D eigenvalue weighted by Crippen LogP contribution is 2.13. The summed E-state index contributed by atoms with van der Waals surface area (Å²) in [6.07, 6.45) is 2.08. The Kier molecular flexibility index (Phi) is 3.15. The van der Waals surface area contributed by atoms with Crippen molar-refractivity contribution in [1.82, 2.24) is 4.98 Å². The average Bonchev–Trinajstić information content (AvgIpc) is 2.29. The van der Waals surface area contributed by atoms with Gasteiger partial charge in [-0.3, -0.25) is 9.78 Å². The van der Waals surface area contributed by atoms with Gasteiger partial charge in [0.2, 0.25) is 0 Å². The number of carbonyl (C=O) groups is 1. The van der Waals surface area contributed by atoms with Crippen LogP contribution in [-0.4, -0.2) is 17.6 Å². The Morgan fingerprint density at radius 3 is 3.06 bits per heavy atom. The van der Waals surface area contributed by atoms with E-state index in [1.807, 2.05) is 37.3 Å². The maximum atomic E-state index is 11.3. The maximum Gasteiger partial charge on any atom is 0.310 e. The van der Waals surface area contributed by atoms with Gasteiger partial charge in [-0.05, 0) is 30.7 Å². The average molecular weight is 215 g/mol. The number of hydrogen-bond donors (Lipinski definition) is 0. The first-order valence-corrected chi connectivity index (χ1v) is 5.29. The van der Waals surface area contributed by atoms with Gasteiger partial charge in [-0.1, -0.05) is 12.1 Å². The Morgan fingerprint density at radius 2 is 2.25 bits per heavy atom. The second-order valence-electron chi connectivity index (χ2n) is 3.51. The van der Waals surface area contributed by atoms with Crippen LogP contribution in [0.4, 0.5) is 0 Å². The summed E-state index contributed by atoms with van der Waals surface area (Å²) in [7, 11) is 0. The topological polar surface area (TPSA) is 39.2 Å². The molecule has 16 heavy (non-hydrogen) atoms. The number of aromatic nitrogens is 1. The zero-order chi connectivity index (χ0) is 11.4. The molecule has 0 spiro atoms. The summed E-state index contributed by atoms with van der Waals surface area (Å²) in [5.74, 6) is -0.189. The predicted octanol–water partition coefficient (Wildman–Crippen LogP) is 2.34. The maximum absolute atomic E-state index is 11.3. The van der Waals surface area contributed by atoms with Crippen LogP contribution in [0.2, 0.25) is 0 Å². The molecule has 2 aromatic rings. The Bertz CT molecular complexity index is 508. The predicted molar refractivity (Wildman–Crippen MR) is 62.1 cm³/mol. The summed E-state index contributed by atoms with van der Waals surface area (Å²) in [5, 5.41) is 1.05. The molecule has 0 aliphatic heterocycles. The minimum atomic E-state index is -0.189. The molecule has 3 nitrogen and oxygen atoms in total. The van der Waals surface area contributed by atoms with Crippen LogP contribution in [-0.2, 0) is 16.0 Å². The van der Waals surface area contributed by atoms with Gasteiger partial charge in [0.25, 0.3) is 0 Å². The van der Waals surface area contributed by atoms with Crippen molar-refractivity contribution >= 4 is 16.9 Å². The van der Waals surface area contributed by atoms with Crippen molar-refractivity contribution in [3.05, 3.63) is 42.1 Å². The highest BCUT2D eigenvalue weighted by molar-refractivity contribution is 5.81. The molecule has 1 heterocycles. The van der Waals surface area contributed by atoms with Crippen molar-refractivity contribution < 1.29 is 9.53 Å². The lowest BCUT2D eigenvalue weighted by Gasteiger charge is -2.03. The fourth-order valence-electron chi connectivity index (χ4n) is 1.61. The Morgan fingerprint density at radius 1 is 1.38 bits per heavy atom. The van der Waals surface area contributed by atoms with E-state index in [-0.39, 0.29) is 5.97 Å². The van der Waals surface area contributed by atoms with Gasteiger partial charge < -0.3 is 4.74 Å². The largest absolute Gasteiger partial charge is 0.466 e. The van der Waals surface area contributed by atoms with Crippen molar-refractivity contribution in [1.29, 1.82) is 0 Å². The number of esters is 1. The Hall–Kier alpha value is -1.90. The lowest BCUT2D eigenvalue weighted by molar-refractivity contribution is -0.142. The van der Waals surface area contributed by atoms with E-state index in [2.05, 4.69) is 4.98 Å². The van der Waals surface area contributed by atoms with Gasteiger partial charge in [-0.2, -0.15) is 0 Å². The molecule has 0 unspecified atom stereocenters. The Balaban J connectivity index is 2.22. The molecule has 0 N–H and O–H groups in total. The summed E-state index contributed by atoms with van der Waals surface area (Å²) in [4.78, 5) is 15.5. The lowest BCUT2D eigenvalue weighted by Crippen LogP contribution is -2.07. The fourth-order valence-corrected chi connectivity index (χ4v) is 1.61. The molecule has 1 aromatic heterocycles. The van der Waals surface area contributed by atoms with Gasteiger partial charge in [-0.25, -0.2) is 0 Å². The van der Waals surface area contributed by atoms with Crippen molar-refractivity contribution in [3.8, 4) is 0 Å². The van der Waals surface area contributed by atoms with Gasteiger partial charge >= 0.3 is 5.97 Å². The van der Waals surface area contributed by atoms with Crippen molar-refractivity contribution in [3.63, 3.8) is 0 Å². The van der Waals surface area contributed by atoms with Gasteiger partial charge in [0, 0.05) is 11.6 Å². The first kappa shape index (κ1) is 10.6. The van der Waals surface area contributed by atoms with Crippen molar-refractivity contribution in [2.75, 3.05) is 6.61 Å². The zero-order valence-electron chi connectivity index (χ0n) is 9.14. The van der Waals surface area contributed by atoms with Crippen LogP contribution in [0.1, 0.15) is 12.5 Å². The molecule has 0 atom stereocenters. The highest BCUT2D eigenvalue weighted by Gasteiger charge is 2.04. The van der Waals surface area contributed by atoms with Crippen LogP contribution in [0, 0.1) is 0 Å². The highest BCUT2D eigenvalue weighted by atomic mass is 16.5. The van der Waals surface area contributed by atoms with E-state index in [1.54, 1.807) is 6.20 Å². The van der Waals surface area contributed by atoms with Crippen molar-refractivity contribution in [2.45, 2.75) is 13.3 Å². The number of pyridine rings is 1. The number of ether oxygens (including phenoxy) is 1. The Labute approximate surface area is 94.1 Å². The second kappa shape index (κ2) is 4.75. The number of rotatable bonds is 3. The van der Waals surface area contributed by atoms with Crippen LogP contribution < -0.4 is 0 Å². The van der Waals surface area contributed by atoms with Gasteiger partial charge in [0.05, 0.1) is 18.5 Å². The van der Waals surface area contributed by atoms with Crippen LogP contribution >= 0.6 is 0 Å². The second-order valence-corrected chi connectivity index (χ2v) is 3.51. The molecular weight excluding hydrogens is 202 g/mol. The van der Waals surface area contributed by atoms with E-state index >= 15 is 0 Å². The van der Waals surface area contributed by atoms with E-state index in [0.717, 1.165) is 16.5 Å². The van der Waals surface area contributed by atoms with Crippen LogP contribution in [0.3, 0.4) is 0 Å². The molecular formula is C13H13NO2. The molecule has 0 aliphatic rings. The summed E-state index contributed by atoms with van der Waals surface area (Å²) >= 11 is 0. The standard InChI is InChI=1S/C13H13NO2/c1-2-16-13(15)9-10-5-6-12-11(8-10)4-3-7-14-12/h3-8H,2,9H2,1H3. The summed E-state index contributed by atoms with van der Waals surface area (Å²) in [6.45, 7) is 2.23. The number of nitrogens with zero attached hydrogens (tertiary/aromatic N) is 1. The minimum absolute atomic E-state index is 0.189. The number of carbonyl (C=O) groups excluding carboxylic acids is 1. The van der Waals surface area contributed by atoms with E-state index in [0.29, 0.717) is 13.0 Å². The summed E-state index contributed by atoms with van der Waals surface area (Å²) < 4.78 is 4.90. The third-order valence-corrected chi connectivity index (χ3v) is 2.32. The smallest absolute Gasteiger partial charge is 0.310 e. The molecule has 0 bridgehead atoms. The molecule has 0 amide bonds. The lowest BCUT2D eigenvalue weighted by atomic mass is 10.1. The van der Waals surface area contributed by atoms with E-state index < -0.39 is 0 Å². The van der Waals surface area contributed by atoms with Crippen molar-refractivity contribution in [2.24, 2.45) is 0 Å². The summed E-state index contributed by atoms with van der Waals surface area (Å²) in [5.41, 5.74) is 1.90. The monoisotopic (exact) mass is 215 g/mol. The number of hydrogen-bond acceptors (Lipinski definition) is 3. The zero-order valence-corrected chi connectivity index (χ0v) is 9.14. The van der Waals surface area contributed by atoms with E-state index in [4.69, 9.17) is 4.74 Å². The van der Waals surface area contributed by atoms with E-state index in [1.165, 1.54) is 0 Å². The quantitative estimate of drug-likeness (QED) is 0.738. The third-order valence-electron chi connectivity index (χ3n) is 2.32. The molecule has 2 rings (SSSR count). The van der Waals surface area contributed by atoms with Gasteiger partial charge in [0.15, 0.2) is 0 Å². The van der Waals surface area contributed by atoms with Crippen LogP contribution in [0.15, 0.2) is 36.5 Å². The number of fused-ring (bicyclic) bond motifs is 1. The third kappa shape index (κ3) is 2.37. The fraction of sp³-hybridized carbons (Fsp3) is 0.231. The van der Waals surface area contributed by atoms with Crippen LogP contribution in [0.5, 0.6) is 0 Å². The molecule has 1 aromatic carbocycles. The molecule has 0 saturated carbocycles. The molecule has 0 aliphatic carbocycles. The molecule has 3 heteroatoms. The normalized spacial score (nSPS) is 10.3. The number of benzene rings is 1. The molecule has 0 radical (unpaired) electrons. The first-order chi connectivity index (χ1) is 7.79. The SMILES string of the molecule is CCOC(=O)Cc1ccc2ncccc2c1. The first-order valence-electron chi connectivity index (χ1n) is 5.29. The van der Waals surface area contributed by atoms with Crippen LogP contribution in [0.25, 0.3) is 10.9 Å². The summed E-state index contributed by atoms with van der Waals surface area (Å²) in [6, 6.07) is 9.67. The molecule has 0 fully saturated rings. The van der Waals surface area contributed by atoms with Gasteiger partial charge in [0.1, 0.15) is 0 Å². The molecule has 0 saturated heterocycles.